The van der Waals surface area contributed by atoms with Gasteiger partial charge in [0.05, 0.1) is 0 Å². The van der Waals surface area contributed by atoms with Crippen LogP contribution >= 0.6 is 0 Å². The Bertz CT molecular complexity index is 899. The maximum Gasteiger partial charge on any atom is 0.00670 e. The highest BCUT2D eigenvalue weighted by molar-refractivity contribution is 5.55. The molecule has 0 nitrogen and oxygen atoms in total. The molecule has 130 valence electrons. The van der Waals surface area contributed by atoms with Crippen molar-refractivity contribution in [1.82, 2.24) is 0 Å². The molecular weight excluding hydrogens is 312 g/mol. The van der Waals surface area contributed by atoms with Crippen LogP contribution in [0.5, 0.6) is 0 Å². The number of hydrogen-bond donors (Lipinski definition) is 0. The Morgan fingerprint density at radius 1 is 0.654 bits per heavy atom. The highest BCUT2D eigenvalue weighted by Gasteiger charge is 2.14. The Morgan fingerprint density at radius 2 is 1.31 bits per heavy atom. The van der Waals surface area contributed by atoms with Crippen LogP contribution in [0.25, 0.3) is 12.2 Å². The summed E-state index contributed by atoms with van der Waals surface area (Å²) in [6, 6.07) is 26.1. The van der Waals surface area contributed by atoms with Gasteiger partial charge >= 0.3 is 0 Å². The van der Waals surface area contributed by atoms with Crippen molar-refractivity contribution in [1.29, 1.82) is 0 Å². The SMILES string of the molecule is C=Cc1ccc(C(C)c2cccc(C(C)c3ccccc3C=C)c2)cc1. The lowest BCUT2D eigenvalue weighted by Crippen LogP contribution is -2.02. The maximum atomic E-state index is 3.96. The lowest BCUT2D eigenvalue weighted by Gasteiger charge is -2.19. The molecule has 0 aliphatic rings. The molecule has 0 saturated heterocycles. The van der Waals surface area contributed by atoms with E-state index in [0.717, 1.165) is 5.56 Å². The summed E-state index contributed by atoms with van der Waals surface area (Å²) in [5.41, 5.74) is 7.69. The number of hydrogen-bond acceptors (Lipinski definition) is 0. The second-order valence-electron chi connectivity index (χ2n) is 6.82. The van der Waals surface area contributed by atoms with Gasteiger partial charge in [0.2, 0.25) is 0 Å². The second-order valence-corrected chi connectivity index (χ2v) is 6.82. The highest BCUT2D eigenvalue weighted by Crippen LogP contribution is 2.31. The molecule has 0 radical (unpaired) electrons. The molecule has 0 heterocycles. The van der Waals surface area contributed by atoms with E-state index >= 15 is 0 Å². The predicted octanol–water partition coefficient (Wildman–Crippen LogP) is 7.28. The first-order valence-electron chi connectivity index (χ1n) is 9.17. The summed E-state index contributed by atoms with van der Waals surface area (Å²) in [4.78, 5) is 0. The van der Waals surface area contributed by atoms with Gasteiger partial charge in [-0.15, -0.1) is 0 Å². The molecule has 0 heteroatoms. The second kappa shape index (κ2) is 8.01. The van der Waals surface area contributed by atoms with Gasteiger partial charge in [-0.1, -0.05) is 112 Å². The zero-order valence-electron chi connectivity index (χ0n) is 15.7. The fourth-order valence-corrected chi connectivity index (χ4v) is 3.48. The summed E-state index contributed by atoms with van der Waals surface area (Å²) in [7, 11) is 0. The number of rotatable bonds is 6. The van der Waals surface area contributed by atoms with Crippen molar-refractivity contribution < 1.29 is 0 Å². The lowest BCUT2D eigenvalue weighted by molar-refractivity contribution is 0.885. The Balaban J connectivity index is 1.92. The van der Waals surface area contributed by atoms with Gasteiger partial charge < -0.3 is 0 Å². The van der Waals surface area contributed by atoms with Gasteiger partial charge in [-0.2, -0.15) is 0 Å². The third-order valence-corrected chi connectivity index (χ3v) is 5.27. The molecule has 3 rings (SSSR count). The van der Waals surface area contributed by atoms with E-state index in [0.29, 0.717) is 11.8 Å². The normalized spacial score (nSPS) is 13.0. The molecule has 0 aliphatic heterocycles. The summed E-state index contributed by atoms with van der Waals surface area (Å²) >= 11 is 0. The van der Waals surface area contributed by atoms with E-state index in [2.05, 4.69) is 99.8 Å². The van der Waals surface area contributed by atoms with E-state index in [-0.39, 0.29) is 0 Å². The minimum absolute atomic E-state index is 0.333. The quantitative estimate of drug-likeness (QED) is 0.443. The van der Waals surface area contributed by atoms with Crippen molar-refractivity contribution in [3.63, 3.8) is 0 Å². The third-order valence-electron chi connectivity index (χ3n) is 5.27. The predicted molar refractivity (Wildman–Crippen MR) is 115 cm³/mol. The minimum Gasteiger partial charge on any atom is -0.0985 e. The van der Waals surface area contributed by atoms with E-state index in [9.17, 15) is 0 Å². The van der Waals surface area contributed by atoms with Crippen LogP contribution in [0.2, 0.25) is 0 Å². The average molecular weight is 338 g/mol. The summed E-state index contributed by atoms with van der Waals surface area (Å²) in [5.74, 6) is 0.690. The van der Waals surface area contributed by atoms with Gasteiger partial charge in [0.1, 0.15) is 0 Å². The first-order valence-corrected chi connectivity index (χ1v) is 9.17. The molecule has 3 aromatic rings. The van der Waals surface area contributed by atoms with Crippen LogP contribution in [-0.4, -0.2) is 0 Å². The first kappa shape index (κ1) is 17.9. The van der Waals surface area contributed by atoms with Crippen molar-refractivity contribution >= 4 is 12.2 Å². The average Bonchev–Trinajstić information content (AvgIpc) is 2.72. The lowest BCUT2D eigenvalue weighted by atomic mass is 9.86. The fourth-order valence-electron chi connectivity index (χ4n) is 3.48. The standard InChI is InChI=1S/C26H26/c1-5-21-14-16-23(17-15-21)19(3)24-11-9-12-25(18-24)20(4)26-13-8-7-10-22(26)6-2/h5-20H,1-2H2,3-4H3. The Labute approximate surface area is 157 Å². The van der Waals surface area contributed by atoms with Crippen LogP contribution in [0, 0.1) is 0 Å². The Morgan fingerprint density at radius 3 is 1.96 bits per heavy atom. The van der Waals surface area contributed by atoms with E-state index in [1.807, 2.05) is 12.2 Å². The topological polar surface area (TPSA) is 0 Å². The monoisotopic (exact) mass is 338 g/mol. The molecule has 0 amide bonds. The van der Waals surface area contributed by atoms with Crippen molar-refractivity contribution in [3.05, 3.63) is 119 Å². The molecule has 0 aliphatic carbocycles. The van der Waals surface area contributed by atoms with Gasteiger partial charge in [0.25, 0.3) is 0 Å². The van der Waals surface area contributed by atoms with Crippen molar-refractivity contribution in [2.45, 2.75) is 25.7 Å². The van der Waals surface area contributed by atoms with Gasteiger partial charge in [-0.3, -0.25) is 0 Å². The van der Waals surface area contributed by atoms with Crippen LogP contribution in [0.15, 0.2) is 86.0 Å². The molecule has 0 fully saturated rings. The summed E-state index contributed by atoms with van der Waals surface area (Å²) in [6.07, 6.45) is 3.83. The molecule has 0 spiro atoms. The summed E-state index contributed by atoms with van der Waals surface area (Å²) < 4.78 is 0. The van der Waals surface area contributed by atoms with Crippen LogP contribution in [0.4, 0.5) is 0 Å². The van der Waals surface area contributed by atoms with Gasteiger partial charge in [0, 0.05) is 11.8 Å². The van der Waals surface area contributed by atoms with Crippen LogP contribution < -0.4 is 0 Å². The zero-order chi connectivity index (χ0) is 18.5. The maximum absolute atomic E-state index is 3.96. The third kappa shape index (κ3) is 3.70. The van der Waals surface area contributed by atoms with Crippen LogP contribution in [-0.2, 0) is 0 Å². The molecule has 0 aromatic heterocycles. The summed E-state index contributed by atoms with van der Waals surface area (Å²) in [5, 5.41) is 0. The molecule has 0 saturated carbocycles. The molecule has 0 bridgehead atoms. The van der Waals surface area contributed by atoms with Gasteiger partial charge in [0.15, 0.2) is 0 Å². The van der Waals surface area contributed by atoms with E-state index in [1.165, 1.54) is 27.8 Å². The van der Waals surface area contributed by atoms with Crippen molar-refractivity contribution in [2.75, 3.05) is 0 Å². The van der Waals surface area contributed by atoms with Crippen LogP contribution in [0.1, 0.15) is 59.1 Å². The molecule has 2 unspecified atom stereocenters. The molecule has 3 aromatic carbocycles. The van der Waals surface area contributed by atoms with E-state index in [1.54, 1.807) is 0 Å². The van der Waals surface area contributed by atoms with Crippen LogP contribution in [0.3, 0.4) is 0 Å². The Kier molecular flexibility index (Phi) is 5.53. The smallest absolute Gasteiger partial charge is 0.00670 e. The first-order chi connectivity index (χ1) is 12.6. The largest absolute Gasteiger partial charge is 0.0985 e. The molecule has 0 N–H and O–H groups in total. The van der Waals surface area contributed by atoms with Crippen molar-refractivity contribution in [2.24, 2.45) is 0 Å². The van der Waals surface area contributed by atoms with Gasteiger partial charge in [-0.25, -0.2) is 0 Å². The number of benzene rings is 3. The van der Waals surface area contributed by atoms with E-state index in [4.69, 9.17) is 0 Å². The van der Waals surface area contributed by atoms with Gasteiger partial charge in [-0.05, 0) is 33.4 Å². The zero-order valence-corrected chi connectivity index (χ0v) is 15.7. The molecule has 2 atom stereocenters. The van der Waals surface area contributed by atoms with Crippen molar-refractivity contribution in [3.8, 4) is 0 Å². The minimum atomic E-state index is 0.333. The van der Waals surface area contributed by atoms with E-state index < -0.39 is 0 Å². The summed E-state index contributed by atoms with van der Waals surface area (Å²) in [6.45, 7) is 12.3. The Hall–Kier alpha value is -2.86. The highest BCUT2D eigenvalue weighted by atomic mass is 14.2. The molecule has 26 heavy (non-hydrogen) atoms. The molecular formula is C26H26. The fraction of sp³-hybridized carbons (Fsp3) is 0.154.